The van der Waals surface area contributed by atoms with Crippen LogP contribution in [0.15, 0.2) is 71.7 Å². The van der Waals surface area contributed by atoms with Crippen molar-refractivity contribution >= 4 is 15.7 Å². The van der Waals surface area contributed by atoms with Crippen LogP contribution in [0.5, 0.6) is 11.5 Å². The van der Waals surface area contributed by atoms with E-state index in [9.17, 15) is 31.6 Å². The van der Waals surface area contributed by atoms with Gasteiger partial charge in [-0.25, -0.2) is 8.42 Å². The second-order valence-electron chi connectivity index (χ2n) is 6.57. The lowest BCUT2D eigenvalue weighted by Crippen LogP contribution is -2.33. The van der Waals surface area contributed by atoms with Gasteiger partial charge in [0.05, 0.1) is 24.1 Å². The third-order valence-corrected chi connectivity index (χ3v) is 5.40. The molecule has 164 valence electrons. The zero-order valence-electron chi connectivity index (χ0n) is 16.1. The molecule has 2 aromatic carbocycles. The van der Waals surface area contributed by atoms with Crippen molar-refractivity contribution in [2.45, 2.75) is 12.7 Å². The SMILES string of the molecule is CS(=O)(=O)N(Cc1cccn(O)c1=O)c1ccc(Oc2ccc(C(F)(F)F)cc2)cc1. The maximum absolute atomic E-state index is 12.6. The molecule has 0 atom stereocenters. The molecule has 0 unspecified atom stereocenters. The lowest BCUT2D eigenvalue weighted by molar-refractivity contribution is -0.137. The van der Waals surface area contributed by atoms with Crippen molar-refractivity contribution in [3.63, 3.8) is 0 Å². The van der Waals surface area contributed by atoms with Gasteiger partial charge in [0.15, 0.2) is 0 Å². The number of nitrogens with zero attached hydrogens (tertiary/aromatic N) is 2. The van der Waals surface area contributed by atoms with Gasteiger partial charge in [-0.05, 0) is 60.7 Å². The standard InChI is InChI=1S/C20H17F3N2O5S/c1-31(28,29)25(13-14-3-2-12-24(27)19(14)26)16-6-10-18(11-7-16)30-17-8-4-15(5-9-17)20(21,22)23/h2-12,27H,13H2,1H3. The Kier molecular flexibility index (Phi) is 5.98. The summed E-state index contributed by atoms with van der Waals surface area (Å²) in [6.07, 6.45) is -2.35. The van der Waals surface area contributed by atoms with Crippen molar-refractivity contribution in [1.29, 1.82) is 0 Å². The number of aromatic nitrogens is 1. The van der Waals surface area contributed by atoms with Gasteiger partial charge in [0.2, 0.25) is 10.0 Å². The Morgan fingerprint density at radius 2 is 1.55 bits per heavy atom. The van der Waals surface area contributed by atoms with E-state index in [1.807, 2.05) is 0 Å². The largest absolute Gasteiger partial charge is 0.457 e. The van der Waals surface area contributed by atoms with Crippen molar-refractivity contribution in [2.75, 3.05) is 10.6 Å². The molecule has 7 nitrogen and oxygen atoms in total. The molecule has 1 N–H and O–H groups in total. The summed E-state index contributed by atoms with van der Waals surface area (Å²) in [6, 6.07) is 12.7. The number of hydrogen-bond acceptors (Lipinski definition) is 5. The zero-order chi connectivity index (χ0) is 22.8. The van der Waals surface area contributed by atoms with E-state index in [0.29, 0.717) is 4.73 Å². The molecule has 0 fully saturated rings. The van der Waals surface area contributed by atoms with Gasteiger partial charge in [-0.1, -0.05) is 0 Å². The number of ether oxygens (including phenoxy) is 1. The molecule has 1 heterocycles. The van der Waals surface area contributed by atoms with Crippen LogP contribution in [0.2, 0.25) is 0 Å². The molecule has 3 aromatic rings. The van der Waals surface area contributed by atoms with E-state index in [0.717, 1.165) is 28.9 Å². The van der Waals surface area contributed by atoms with Crippen LogP contribution < -0.4 is 14.6 Å². The summed E-state index contributed by atoms with van der Waals surface area (Å²) in [6.45, 7) is -0.307. The first-order valence-electron chi connectivity index (χ1n) is 8.78. The highest BCUT2D eigenvalue weighted by molar-refractivity contribution is 7.92. The molecule has 31 heavy (non-hydrogen) atoms. The lowest BCUT2D eigenvalue weighted by atomic mass is 10.2. The zero-order valence-corrected chi connectivity index (χ0v) is 16.9. The highest BCUT2D eigenvalue weighted by Gasteiger charge is 2.30. The minimum absolute atomic E-state index is 0.0560. The van der Waals surface area contributed by atoms with Crippen molar-refractivity contribution in [3.8, 4) is 11.5 Å². The Hall–Kier alpha value is -3.47. The fraction of sp³-hybridized carbons (Fsp3) is 0.150. The predicted molar refractivity (Wildman–Crippen MR) is 107 cm³/mol. The highest BCUT2D eigenvalue weighted by Crippen LogP contribution is 2.32. The number of halogens is 3. The summed E-state index contributed by atoms with van der Waals surface area (Å²) < 4.78 is 69.2. The molecule has 0 saturated carbocycles. The topological polar surface area (TPSA) is 88.8 Å². The van der Waals surface area contributed by atoms with Crippen LogP contribution >= 0.6 is 0 Å². The van der Waals surface area contributed by atoms with E-state index in [1.165, 1.54) is 48.5 Å². The molecule has 0 bridgehead atoms. The number of hydrogen-bond donors (Lipinski definition) is 1. The smallest absolute Gasteiger partial charge is 0.416 e. The Balaban J connectivity index is 1.82. The van der Waals surface area contributed by atoms with E-state index in [1.54, 1.807) is 0 Å². The Morgan fingerprint density at radius 1 is 1.00 bits per heavy atom. The summed E-state index contributed by atoms with van der Waals surface area (Å²) in [4.78, 5) is 12.0. The molecule has 0 radical (unpaired) electrons. The molecule has 0 spiro atoms. The predicted octanol–water partition coefficient (Wildman–Crippen LogP) is 3.86. The molecule has 0 saturated heterocycles. The third-order valence-electron chi connectivity index (χ3n) is 4.26. The third kappa shape index (κ3) is 5.37. The van der Waals surface area contributed by atoms with E-state index < -0.39 is 27.3 Å². The minimum atomic E-state index is -4.45. The van der Waals surface area contributed by atoms with Crippen LogP contribution in [0, 0.1) is 0 Å². The highest BCUT2D eigenvalue weighted by atomic mass is 32.2. The van der Waals surface area contributed by atoms with E-state index in [4.69, 9.17) is 4.74 Å². The number of benzene rings is 2. The van der Waals surface area contributed by atoms with E-state index >= 15 is 0 Å². The van der Waals surface area contributed by atoms with Gasteiger partial charge in [0.1, 0.15) is 11.5 Å². The van der Waals surface area contributed by atoms with Crippen molar-refractivity contribution in [2.24, 2.45) is 0 Å². The molecule has 3 rings (SSSR count). The maximum atomic E-state index is 12.6. The van der Waals surface area contributed by atoms with Gasteiger partial charge in [0.25, 0.3) is 5.56 Å². The minimum Gasteiger partial charge on any atom is -0.457 e. The van der Waals surface area contributed by atoms with Crippen LogP contribution in [-0.4, -0.2) is 24.6 Å². The second kappa shape index (κ2) is 8.34. The average Bonchev–Trinajstić information content (AvgIpc) is 2.69. The van der Waals surface area contributed by atoms with Gasteiger partial charge >= 0.3 is 6.18 Å². The number of anilines is 1. The fourth-order valence-electron chi connectivity index (χ4n) is 2.73. The van der Waals surface area contributed by atoms with Crippen LogP contribution in [0.4, 0.5) is 18.9 Å². The summed E-state index contributed by atoms with van der Waals surface area (Å²) in [5.41, 5.74) is -1.27. The van der Waals surface area contributed by atoms with Gasteiger partial charge in [-0.3, -0.25) is 9.10 Å². The van der Waals surface area contributed by atoms with Crippen LogP contribution in [-0.2, 0) is 22.7 Å². The first-order valence-corrected chi connectivity index (χ1v) is 10.6. The maximum Gasteiger partial charge on any atom is 0.416 e. The fourth-order valence-corrected chi connectivity index (χ4v) is 3.61. The number of sulfonamides is 1. The van der Waals surface area contributed by atoms with E-state index in [-0.39, 0.29) is 29.3 Å². The van der Waals surface area contributed by atoms with Gasteiger partial charge in [-0.15, -0.1) is 0 Å². The summed E-state index contributed by atoms with van der Waals surface area (Å²) in [7, 11) is -3.78. The molecule has 0 aliphatic rings. The van der Waals surface area contributed by atoms with Crippen molar-refractivity contribution in [3.05, 3.63) is 88.3 Å². The first kappa shape index (κ1) is 22.2. The Morgan fingerprint density at radius 3 is 2.06 bits per heavy atom. The van der Waals surface area contributed by atoms with Gasteiger partial charge < -0.3 is 9.94 Å². The number of alkyl halides is 3. The van der Waals surface area contributed by atoms with Crippen molar-refractivity contribution < 1.29 is 31.5 Å². The Bertz CT molecular complexity index is 1220. The number of rotatable bonds is 6. The lowest BCUT2D eigenvalue weighted by Gasteiger charge is -2.22. The first-order chi connectivity index (χ1) is 14.4. The molecule has 11 heteroatoms. The van der Waals surface area contributed by atoms with Gasteiger partial charge in [-0.2, -0.15) is 17.9 Å². The second-order valence-corrected chi connectivity index (χ2v) is 8.48. The Labute approximate surface area is 175 Å². The summed E-state index contributed by atoms with van der Waals surface area (Å²) >= 11 is 0. The van der Waals surface area contributed by atoms with Gasteiger partial charge in [0, 0.05) is 11.8 Å². The molecule has 1 aromatic heterocycles. The summed E-state index contributed by atoms with van der Waals surface area (Å²) in [5, 5.41) is 9.48. The average molecular weight is 454 g/mol. The quantitative estimate of drug-likeness (QED) is 0.572. The van der Waals surface area contributed by atoms with Crippen LogP contribution in [0.25, 0.3) is 0 Å². The molecule has 0 amide bonds. The van der Waals surface area contributed by atoms with Crippen LogP contribution in [0.1, 0.15) is 11.1 Å². The van der Waals surface area contributed by atoms with Crippen molar-refractivity contribution in [1.82, 2.24) is 4.73 Å². The molecular formula is C20H17F3N2O5S. The molecule has 0 aliphatic heterocycles. The molecular weight excluding hydrogens is 437 g/mol. The van der Waals surface area contributed by atoms with E-state index in [2.05, 4.69) is 0 Å². The molecule has 0 aliphatic carbocycles. The number of pyridine rings is 1. The monoisotopic (exact) mass is 454 g/mol. The van der Waals surface area contributed by atoms with Crippen LogP contribution in [0.3, 0.4) is 0 Å². The normalized spacial score (nSPS) is 11.9. The summed E-state index contributed by atoms with van der Waals surface area (Å²) in [5.74, 6) is 0.447.